The minimum Gasteiger partial charge on any atom is -0.330 e. The summed E-state index contributed by atoms with van der Waals surface area (Å²) in [6, 6.07) is 0.635. The monoisotopic (exact) mass is 287 g/mol. The molecular formula is C13H26ClN5. The number of likely N-dealkylation sites (tertiary alicyclic amines) is 1. The zero-order chi connectivity index (χ0) is 12.8. The molecule has 2 heterocycles. The Bertz CT molecular complexity index is 353. The number of halogens is 1. The zero-order valence-corrected chi connectivity index (χ0v) is 12.6. The maximum atomic E-state index is 5.71. The van der Waals surface area contributed by atoms with Crippen LogP contribution in [0.15, 0.2) is 6.33 Å². The van der Waals surface area contributed by atoms with Gasteiger partial charge in [0.25, 0.3) is 0 Å². The van der Waals surface area contributed by atoms with E-state index < -0.39 is 0 Å². The summed E-state index contributed by atoms with van der Waals surface area (Å²) in [6.45, 7) is 6.01. The molecule has 1 atom stereocenters. The van der Waals surface area contributed by atoms with E-state index in [0.29, 0.717) is 6.04 Å². The van der Waals surface area contributed by atoms with Crippen LogP contribution in [0, 0.1) is 0 Å². The maximum Gasteiger partial charge on any atom is 0.141 e. The Hall–Kier alpha value is -0.650. The molecule has 5 nitrogen and oxygen atoms in total. The van der Waals surface area contributed by atoms with Crippen LogP contribution in [-0.2, 0) is 13.1 Å². The van der Waals surface area contributed by atoms with Gasteiger partial charge < -0.3 is 5.73 Å². The Morgan fingerprint density at radius 1 is 1.42 bits per heavy atom. The molecule has 1 fully saturated rings. The number of hydrogen-bond acceptors (Lipinski definition) is 4. The van der Waals surface area contributed by atoms with Crippen LogP contribution >= 0.6 is 12.4 Å². The van der Waals surface area contributed by atoms with Crippen molar-refractivity contribution in [3.8, 4) is 0 Å². The predicted octanol–water partition coefficient (Wildman–Crippen LogP) is 1.81. The molecular weight excluding hydrogens is 262 g/mol. The molecule has 2 N–H and O–H groups in total. The van der Waals surface area contributed by atoms with E-state index in [0.717, 1.165) is 38.3 Å². The van der Waals surface area contributed by atoms with Gasteiger partial charge >= 0.3 is 0 Å². The Balaban J connectivity index is 0.00000180. The number of piperidine rings is 1. The molecule has 1 aromatic rings. The van der Waals surface area contributed by atoms with Crippen LogP contribution in [0.2, 0.25) is 0 Å². The molecule has 0 radical (unpaired) electrons. The fraction of sp³-hybridized carbons (Fsp3) is 0.846. The third kappa shape index (κ3) is 4.44. The van der Waals surface area contributed by atoms with Crippen LogP contribution in [-0.4, -0.2) is 38.8 Å². The summed E-state index contributed by atoms with van der Waals surface area (Å²) in [6.07, 6.45) is 7.78. The highest BCUT2D eigenvalue weighted by Crippen LogP contribution is 2.21. The van der Waals surface area contributed by atoms with Gasteiger partial charge in [-0.05, 0) is 38.8 Å². The molecule has 19 heavy (non-hydrogen) atoms. The average molecular weight is 288 g/mol. The molecule has 2 rings (SSSR count). The highest BCUT2D eigenvalue weighted by molar-refractivity contribution is 5.85. The molecule has 0 aromatic carbocycles. The number of hydrogen-bond donors (Lipinski definition) is 1. The first-order chi connectivity index (χ1) is 8.85. The topological polar surface area (TPSA) is 60.0 Å². The zero-order valence-electron chi connectivity index (χ0n) is 11.8. The molecule has 1 aliphatic rings. The van der Waals surface area contributed by atoms with Crippen molar-refractivity contribution in [2.24, 2.45) is 5.73 Å². The molecule has 0 bridgehead atoms. The fourth-order valence-corrected chi connectivity index (χ4v) is 2.78. The molecule has 1 aliphatic heterocycles. The van der Waals surface area contributed by atoms with Gasteiger partial charge in [0, 0.05) is 12.6 Å². The molecule has 1 aromatic heterocycles. The minimum absolute atomic E-state index is 0. The smallest absolute Gasteiger partial charge is 0.141 e. The summed E-state index contributed by atoms with van der Waals surface area (Å²) >= 11 is 0. The van der Waals surface area contributed by atoms with E-state index in [4.69, 9.17) is 5.73 Å². The Morgan fingerprint density at radius 3 is 3.00 bits per heavy atom. The standard InChI is InChI=1S/C13H25N5.ClH/c1-2-8-18-13(15-11-16-18)10-17-9-4-3-5-12(17)6-7-14;/h11-12H,2-10,14H2,1H3;1H. The number of rotatable bonds is 6. The van der Waals surface area contributed by atoms with Gasteiger partial charge in [-0.15, -0.1) is 12.4 Å². The largest absolute Gasteiger partial charge is 0.330 e. The first kappa shape index (κ1) is 16.4. The van der Waals surface area contributed by atoms with Gasteiger partial charge in [0.15, 0.2) is 0 Å². The van der Waals surface area contributed by atoms with Crippen molar-refractivity contribution in [3.63, 3.8) is 0 Å². The van der Waals surface area contributed by atoms with Crippen molar-refractivity contribution in [2.75, 3.05) is 13.1 Å². The molecule has 0 aliphatic carbocycles. The van der Waals surface area contributed by atoms with Crippen molar-refractivity contribution >= 4 is 12.4 Å². The third-order valence-electron chi connectivity index (χ3n) is 3.72. The maximum absolute atomic E-state index is 5.71. The molecule has 0 amide bonds. The Labute approximate surface area is 122 Å². The van der Waals surface area contributed by atoms with Crippen molar-refractivity contribution in [1.29, 1.82) is 0 Å². The molecule has 6 heteroatoms. The second kappa shape index (κ2) is 8.51. The Morgan fingerprint density at radius 2 is 2.26 bits per heavy atom. The predicted molar refractivity (Wildman–Crippen MR) is 79.3 cm³/mol. The summed E-state index contributed by atoms with van der Waals surface area (Å²) in [5, 5.41) is 4.30. The van der Waals surface area contributed by atoms with E-state index in [9.17, 15) is 0 Å². The van der Waals surface area contributed by atoms with E-state index in [1.165, 1.54) is 25.8 Å². The lowest BCUT2D eigenvalue weighted by Gasteiger charge is -2.35. The third-order valence-corrected chi connectivity index (χ3v) is 3.72. The van der Waals surface area contributed by atoms with E-state index in [1.807, 2.05) is 4.68 Å². The number of nitrogens with two attached hydrogens (primary N) is 1. The Kier molecular flexibility index (Phi) is 7.34. The molecule has 0 spiro atoms. The van der Waals surface area contributed by atoms with Crippen molar-refractivity contribution < 1.29 is 0 Å². The summed E-state index contributed by atoms with van der Waals surface area (Å²) in [7, 11) is 0. The summed E-state index contributed by atoms with van der Waals surface area (Å²) < 4.78 is 2.04. The molecule has 1 unspecified atom stereocenters. The number of aromatic nitrogens is 3. The highest BCUT2D eigenvalue weighted by atomic mass is 35.5. The lowest BCUT2D eigenvalue weighted by molar-refractivity contribution is 0.128. The summed E-state index contributed by atoms with van der Waals surface area (Å²) in [5.41, 5.74) is 5.71. The normalized spacial score (nSPS) is 20.2. The van der Waals surface area contributed by atoms with Crippen LogP contribution in [0.25, 0.3) is 0 Å². The fourth-order valence-electron chi connectivity index (χ4n) is 2.78. The van der Waals surface area contributed by atoms with Crippen molar-refractivity contribution in [3.05, 3.63) is 12.2 Å². The van der Waals surface area contributed by atoms with Crippen LogP contribution in [0.3, 0.4) is 0 Å². The van der Waals surface area contributed by atoms with Crippen LogP contribution in [0.4, 0.5) is 0 Å². The van der Waals surface area contributed by atoms with Gasteiger partial charge in [0.1, 0.15) is 12.2 Å². The molecule has 0 saturated carbocycles. The van der Waals surface area contributed by atoms with Gasteiger partial charge in [-0.1, -0.05) is 13.3 Å². The molecule has 1 saturated heterocycles. The van der Waals surface area contributed by atoms with Gasteiger partial charge in [0.2, 0.25) is 0 Å². The highest BCUT2D eigenvalue weighted by Gasteiger charge is 2.23. The van der Waals surface area contributed by atoms with Gasteiger partial charge in [-0.3, -0.25) is 4.90 Å². The lowest BCUT2D eigenvalue weighted by atomic mass is 9.99. The first-order valence-electron chi connectivity index (χ1n) is 7.16. The van der Waals surface area contributed by atoms with E-state index in [-0.39, 0.29) is 12.4 Å². The van der Waals surface area contributed by atoms with Crippen LogP contribution < -0.4 is 5.73 Å². The summed E-state index contributed by atoms with van der Waals surface area (Å²) in [5.74, 6) is 1.10. The van der Waals surface area contributed by atoms with Gasteiger partial charge in [-0.2, -0.15) is 5.10 Å². The van der Waals surface area contributed by atoms with Crippen LogP contribution in [0.1, 0.15) is 44.9 Å². The average Bonchev–Trinajstić information content (AvgIpc) is 2.80. The van der Waals surface area contributed by atoms with Gasteiger partial charge in [0.05, 0.1) is 6.54 Å². The summed E-state index contributed by atoms with van der Waals surface area (Å²) in [4.78, 5) is 6.94. The first-order valence-corrected chi connectivity index (χ1v) is 7.16. The molecule has 110 valence electrons. The minimum atomic E-state index is 0. The van der Waals surface area contributed by atoms with Crippen molar-refractivity contribution in [1.82, 2.24) is 19.7 Å². The number of nitrogens with zero attached hydrogens (tertiary/aromatic N) is 4. The quantitative estimate of drug-likeness (QED) is 0.867. The SMILES string of the molecule is CCCn1ncnc1CN1CCCCC1CCN.Cl. The van der Waals surface area contributed by atoms with E-state index in [1.54, 1.807) is 6.33 Å². The van der Waals surface area contributed by atoms with E-state index >= 15 is 0 Å². The number of aryl methyl sites for hydroxylation is 1. The second-order valence-electron chi connectivity index (χ2n) is 5.10. The van der Waals surface area contributed by atoms with Crippen LogP contribution in [0.5, 0.6) is 0 Å². The van der Waals surface area contributed by atoms with Crippen molar-refractivity contribution in [2.45, 2.75) is 58.2 Å². The van der Waals surface area contributed by atoms with Gasteiger partial charge in [-0.25, -0.2) is 9.67 Å². The van der Waals surface area contributed by atoms with E-state index in [2.05, 4.69) is 21.9 Å². The lowest BCUT2D eigenvalue weighted by Crippen LogP contribution is -2.40. The second-order valence-corrected chi connectivity index (χ2v) is 5.10.